The van der Waals surface area contributed by atoms with Gasteiger partial charge in [0.05, 0.1) is 18.7 Å². The molecule has 0 fully saturated rings. The number of hydrogen-bond acceptors (Lipinski definition) is 4. The van der Waals surface area contributed by atoms with Gasteiger partial charge in [-0.05, 0) is 54.1 Å². The third kappa shape index (κ3) is 5.58. The van der Waals surface area contributed by atoms with Crippen molar-refractivity contribution in [2.24, 2.45) is 0 Å². The topological polar surface area (TPSA) is 69.6 Å². The first kappa shape index (κ1) is 24.2. The average molecular weight is 503 g/mol. The fourth-order valence-corrected chi connectivity index (χ4v) is 3.80. The molecule has 0 unspecified atom stereocenters. The van der Waals surface area contributed by atoms with E-state index in [1.165, 1.54) is 42.0 Å². The van der Waals surface area contributed by atoms with Crippen molar-refractivity contribution in [1.82, 2.24) is 4.57 Å². The maximum absolute atomic E-state index is 13.1. The molecule has 4 aromatic rings. The Labute approximate surface area is 202 Å². The van der Waals surface area contributed by atoms with Gasteiger partial charge in [-0.25, -0.2) is 0 Å². The van der Waals surface area contributed by atoms with Gasteiger partial charge in [-0.3, -0.25) is 9.59 Å². The quantitative estimate of drug-likeness (QED) is 0.358. The maximum atomic E-state index is 13.1. The van der Waals surface area contributed by atoms with Gasteiger partial charge in [-0.15, -0.1) is 13.2 Å². The normalized spacial score (nSPS) is 11.3. The van der Waals surface area contributed by atoms with Crippen LogP contribution in [0.1, 0.15) is 15.9 Å². The first-order valence-electron chi connectivity index (χ1n) is 10.3. The van der Waals surface area contributed by atoms with E-state index >= 15 is 0 Å². The molecule has 0 spiro atoms. The van der Waals surface area contributed by atoms with Gasteiger partial charge in [0, 0.05) is 28.2 Å². The van der Waals surface area contributed by atoms with E-state index in [0.29, 0.717) is 38.4 Å². The minimum Gasteiger partial charge on any atom is -0.495 e. The molecule has 0 aliphatic heterocycles. The molecule has 1 heterocycles. The lowest BCUT2D eigenvalue weighted by Crippen LogP contribution is -2.21. The maximum Gasteiger partial charge on any atom is 0.573 e. The van der Waals surface area contributed by atoms with Crippen LogP contribution in [0.25, 0.3) is 10.8 Å². The standard InChI is InChI=1S/C25H18ClF3N2O4/c1-34-22-10-7-16(13-20(22)26)23(32)30-21-4-2-3-19-18(21)11-12-31(24(19)33)14-15-5-8-17(9-6-15)35-25(27,28)29/h2-13H,14H2,1H3,(H,30,32). The summed E-state index contributed by atoms with van der Waals surface area (Å²) in [6, 6.07) is 16.6. The van der Waals surface area contributed by atoms with Crippen molar-refractivity contribution in [1.29, 1.82) is 0 Å². The number of fused-ring (bicyclic) bond motifs is 1. The molecule has 10 heteroatoms. The number of ether oxygens (including phenoxy) is 2. The molecule has 0 radical (unpaired) electrons. The van der Waals surface area contributed by atoms with Gasteiger partial charge in [-0.1, -0.05) is 29.8 Å². The van der Waals surface area contributed by atoms with Crippen molar-refractivity contribution in [3.63, 3.8) is 0 Å². The molecular formula is C25H18ClF3N2O4. The number of nitrogens with zero attached hydrogens (tertiary/aromatic N) is 1. The minimum absolute atomic E-state index is 0.141. The number of anilines is 1. The summed E-state index contributed by atoms with van der Waals surface area (Å²) in [5.41, 5.74) is 1.06. The Balaban J connectivity index is 1.57. The number of pyridine rings is 1. The van der Waals surface area contributed by atoms with Gasteiger partial charge >= 0.3 is 6.36 Å². The molecule has 35 heavy (non-hydrogen) atoms. The van der Waals surface area contributed by atoms with Crippen molar-refractivity contribution in [2.75, 3.05) is 12.4 Å². The van der Waals surface area contributed by atoms with Crippen molar-refractivity contribution in [3.05, 3.63) is 99.4 Å². The van der Waals surface area contributed by atoms with Crippen LogP contribution in [-0.4, -0.2) is 23.9 Å². The minimum atomic E-state index is -4.77. The first-order valence-corrected chi connectivity index (χ1v) is 10.6. The largest absolute Gasteiger partial charge is 0.573 e. The van der Waals surface area contributed by atoms with Crippen LogP contribution in [0, 0.1) is 0 Å². The van der Waals surface area contributed by atoms with Crippen LogP contribution in [0.3, 0.4) is 0 Å². The summed E-state index contributed by atoms with van der Waals surface area (Å²) in [5, 5.41) is 3.99. The molecule has 0 saturated heterocycles. The van der Waals surface area contributed by atoms with E-state index in [-0.39, 0.29) is 17.9 Å². The molecule has 0 saturated carbocycles. The smallest absolute Gasteiger partial charge is 0.495 e. The number of aromatic nitrogens is 1. The SMILES string of the molecule is COc1ccc(C(=O)Nc2cccc3c(=O)n(Cc4ccc(OC(F)(F)F)cc4)ccc23)cc1Cl. The Kier molecular flexibility index (Phi) is 6.70. The zero-order chi connectivity index (χ0) is 25.2. The number of halogens is 4. The number of methoxy groups -OCH3 is 1. The predicted molar refractivity (Wildman–Crippen MR) is 126 cm³/mol. The van der Waals surface area contributed by atoms with E-state index in [9.17, 15) is 22.8 Å². The van der Waals surface area contributed by atoms with E-state index in [2.05, 4.69) is 10.1 Å². The molecule has 6 nitrogen and oxygen atoms in total. The highest BCUT2D eigenvalue weighted by atomic mass is 35.5. The van der Waals surface area contributed by atoms with E-state index in [4.69, 9.17) is 16.3 Å². The Morgan fingerprint density at radius 3 is 2.43 bits per heavy atom. The lowest BCUT2D eigenvalue weighted by atomic mass is 10.1. The molecule has 3 aromatic carbocycles. The summed E-state index contributed by atoms with van der Waals surface area (Å²) in [5.74, 6) is -0.311. The van der Waals surface area contributed by atoms with Crippen molar-refractivity contribution in [2.45, 2.75) is 12.9 Å². The van der Waals surface area contributed by atoms with E-state index < -0.39 is 12.3 Å². The van der Waals surface area contributed by atoms with Crippen LogP contribution in [0.4, 0.5) is 18.9 Å². The third-order valence-corrected chi connectivity index (χ3v) is 5.49. The molecule has 1 amide bonds. The summed E-state index contributed by atoms with van der Waals surface area (Å²) in [7, 11) is 1.47. The summed E-state index contributed by atoms with van der Waals surface area (Å²) >= 11 is 6.11. The first-order chi connectivity index (χ1) is 16.6. The van der Waals surface area contributed by atoms with Gasteiger partial charge in [-0.2, -0.15) is 0 Å². The number of rotatable bonds is 6. The fourth-order valence-electron chi connectivity index (χ4n) is 3.55. The zero-order valence-electron chi connectivity index (χ0n) is 18.2. The van der Waals surface area contributed by atoms with Gasteiger partial charge in [0.2, 0.25) is 0 Å². The Hall–Kier alpha value is -3.98. The average Bonchev–Trinajstić information content (AvgIpc) is 2.81. The number of nitrogens with one attached hydrogen (secondary N) is 1. The van der Waals surface area contributed by atoms with Crippen molar-refractivity contribution in [3.8, 4) is 11.5 Å². The second-order valence-electron chi connectivity index (χ2n) is 7.51. The number of benzene rings is 3. The molecule has 0 aliphatic rings. The molecule has 1 aromatic heterocycles. The van der Waals surface area contributed by atoms with E-state index in [0.717, 1.165) is 0 Å². The molecule has 4 rings (SSSR count). The molecular weight excluding hydrogens is 485 g/mol. The van der Waals surface area contributed by atoms with E-state index in [1.807, 2.05) is 0 Å². The molecule has 0 bridgehead atoms. The van der Waals surface area contributed by atoms with Crippen LogP contribution < -0.4 is 20.3 Å². The second-order valence-corrected chi connectivity index (χ2v) is 7.92. The molecule has 0 aliphatic carbocycles. The van der Waals surface area contributed by atoms with Crippen molar-refractivity contribution < 1.29 is 27.4 Å². The predicted octanol–water partition coefficient (Wildman–Crippen LogP) is 5.86. The third-order valence-electron chi connectivity index (χ3n) is 5.19. The van der Waals surface area contributed by atoms with Crippen molar-refractivity contribution >= 4 is 34.0 Å². The highest BCUT2D eigenvalue weighted by Crippen LogP contribution is 2.27. The highest BCUT2D eigenvalue weighted by Gasteiger charge is 2.30. The van der Waals surface area contributed by atoms with Gasteiger partial charge in [0.25, 0.3) is 11.5 Å². The van der Waals surface area contributed by atoms with Gasteiger partial charge < -0.3 is 19.4 Å². The monoisotopic (exact) mass is 502 g/mol. The Morgan fingerprint density at radius 1 is 1.03 bits per heavy atom. The Morgan fingerprint density at radius 2 is 1.77 bits per heavy atom. The Bertz CT molecular complexity index is 1450. The van der Waals surface area contributed by atoms with Crippen LogP contribution in [-0.2, 0) is 6.54 Å². The highest BCUT2D eigenvalue weighted by molar-refractivity contribution is 6.32. The fraction of sp³-hybridized carbons (Fsp3) is 0.120. The summed E-state index contributed by atoms with van der Waals surface area (Å²) in [4.78, 5) is 25.8. The van der Waals surface area contributed by atoms with Gasteiger partial charge in [0.15, 0.2) is 0 Å². The van der Waals surface area contributed by atoms with Crippen LogP contribution in [0.5, 0.6) is 11.5 Å². The zero-order valence-corrected chi connectivity index (χ0v) is 19.0. The number of hydrogen-bond donors (Lipinski definition) is 1. The summed E-state index contributed by atoms with van der Waals surface area (Å²) < 4.78 is 47.4. The van der Waals surface area contributed by atoms with E-state index in [1.54, 1.807) is 42.6 Å². The van der Waals surface area contributed by atoms with Crippen LogP contribution >= 0.6 is 11.6 Å². The lowest BCUT2D eigenvalue weighted by Gasteiger charge is -2.12. The van der Waals surface area contributed by atoms with Gasteiger partial charge in [0.1, 0.15) is 11.5 Å². The molecule has 180 valence electrons. The number of alkyl halides is 3. The summed E-state index contributed by atoms with van der Waals surface area (Å²) in [6.07, 6.45) is -3.21. The van der Waals surface area contributed by atoms with Crippen LogP contribution in [0.15, 0.2) is 77.7 Å². The molecule has 1 N–H and O–H groups in total. The number of amides is 1. The van der Waals surface area contributed by atoms with Crippen LogP contribution in [0.2, 0.25) is 5.02 Å². The summed E-state index contributed by atoms with van der Waals surface area (Å²) in [6.45, 7) is 0.141. The lowest BCUT2D eigenvalue weighted by molar-refractivity contribution is -0.274. The number of carbonyl (C=O) groups is 1. The number of carbonyl (C=O) groups excluding carboxylic acids is 1. The second kappa shape index (κ2) is 9.71. The molecule has 0 atom stereocenters.